The van der Waals surface area contributed by atoms with Crippen LogP contribution in [0.2, 0.25) is 0 Å². The fourth-order valence-electron chi connectivity index (χ4n) is 3.30. The quantitative estimate of drug-likeness (QED) is 0.927. The van der Waals surface area contributed by atoms with Crippen LogP contribution in [0.3, 0.4) is 0 Å². The molecule has 1 heterocycles. The molecule has 1 fully saturated rings. The molecule has 1 aliphatic heterocycles. The molecule has 1 saturated heterocycles. The maximum Gasteiger partial charge on any atom is 0.333 e. The molecule has 4 nitrogen and oxygen atoms in total. The van der Waals surface area contributed by atoms with Crippen molar-refractivity contribution < 1.29 is 28.2 Å². The number of hydrogen-bond acceptors (Lipinski definition) is 3. The molecule has 1 aliphatic rings. The fraction of sp³-hybridized carbons (Fsp3) is 0.562. The molecule has 122 valence electrons. The van der Waals surface area contributed by atoms with Gasteiger partial charge in [-0.2, -0.15) is 4.39 Å². The van der Waals surface area contributed by atoms with Gasteiger partial charge in [-0.15, -0.1) is 0 Å². The summed E-state index contributed by atoms with van der Waals surface area (Å²) in [5.74, 6) is -4.17. The van der Waals surface area contributed by atoms with Gasteiger partial charge in [0.25, 0.3) is 0 Å². The largest absolute Gasteiger partial charge is 0.493 e. The summed E-state index contributed by atoms with van der Waals surface area (Å²) in [6, 6.07) is 2.36. The molecule has 0 aliphatic carbocycles. The molecule has 1 aromatic rings. The van der Waals surface area contributed by atoms with E-state index >= 15 is 0 Å². The fourth-order valence-corrected chi connectivity index (χ4v) is 3.30. The molecular formula is C16H20F2O4. The van der Waals surface area contributed by atoms with Crippen LogP contribution < -0.4 is 4.74 Å². The topological polar surface area (TPSA) is 55.8 Å². The Morgan fingerprint density at radius 2 is 2.00 bits per heavy atom. The second-order valence-electron chi connectivity index (χ2n) is 5.97. The zero-order valence-electron chi connectivity index (χ0n) is 13.0. The van der Waals surface area contributed by atoms with Crippen LogP contribution in [0.15, 0.2) is 12.1 Å². The number of ether oxygens (including phenoxy) is 2. The van der Waals surface area contributed by atoms with Gasteiger partial charge in [0.05, 0.1) is 13.2 Å². The Labute approximate surface area is 128 Å². The van der Waals surface area contributed by atoms with Crippen molar-refractivity contribution in [2.24, 2.45) is 11.8 Å². The summed E-state index contributed by atoms with van der Waals surface area (Å²) in [5.41, 5.74) is 0.324. The Balaban J connectivity index is 2.53. The number of rotatable bonds is 4. The Hall–Kier alpha value is -1.69. The lowest BCUT2D eigenvalue weighted by atomic mass is 9.80. The highest BCUT2D eigenvalue weighted by Gasteiger charge is 2.48. The Bertz CT molecular complexity index is 574. The van der Waals surface area contributed by atoms with E-state index in [0.29, 0.717) is 5.56 Å². The molecule has 0 spiro atoms. The minimum absolute atomic E-state index is 0.109. The average Bonchev–Trinajstić information content (AvgIpc) is 2.79. The number of methoxy groups -OCH3 is 1. The molecular weight excluding hydrogens is 294 g/mol. The predicted octanol–water partition coefficient (Wildman–Crippen LogP) is 3.20. The van der Waals surface area contributed by atoms with Crippen LogP contribution in [0, 0.1) is 23.5 Å². The average molecular weight is 314 g/mol. The maximum absolute atomic E-state index is 13.9. The van der Waals surface area contributed by atoms with E-state index in [1.165, 1.54) is 13.2 Å². The Morgan fingerprint density at radius 1 is 1.36 bits per heavy atom. The van der Waals surface area contributed by atoms with Crippen LogP contribution in [0.5, 0.6) is 5.75 Å². The zero-order chi connectivity index (χ0) is 16.6. The van der Waals surface area contributed by atoms with Gasteiger partial charge < -0.3 is 14.6 Å². The van der Waals surface area contributed by atoms with E-state index in [0.717, 1.165) is 6.07 Å². The molecule has 0 radical (unpaired) electrons. The van der Waals surface area contributed by atoms with Crippen molar-refractivity contribution in [2.75, 3.05) is 7.11 Å². The summed E-state index contributed by atoms with van der Waals surface area (Å²) in [5, 5.41) is 9.42. The van der Waals surface area contributed by atoms with Gasteiger partial charge in [-0.1, -0.05) is 26.8 Å². The van der Waals surface area contributed by atoms with Crippen molar-refractivity contribution in [3.8, 4) is 5.75 Å². The lowest BCUT2D eigenvalue weighted by Crippen LogP contribution is -2.27. The number of benzene rings is 1. The van der Waals surface area contributed by atoms with Gasteiger partial charge in [-0.25, -0.2) is 9.18 Å². The molecule has 3 unspecified atom stereocenters. The molecule has 1 N–H and O–H groups in total. The molecule has 2 rings (SSSR count). The number of carboxylic acid groups (broad SMARTS) is 1. The summed E-state index contributed by atoms with van der Waals surface area (Å²) >= 11 is 0. The van der Waals surface area contributed by atoms with Gasteiger partial charge in [-0.05, 0) is 17.9 Å². The van der Waals surface area contributed by atoms with Crippen LogP contribution in [-0.2, 0) is 9.53 Å². The van der Waals surface area contributed by atoms with Crippen molar-refractivity contribution in [3.63, 3.8) is 0 Å². The van der Waals surface area contributed by atoms with Crippen LogP contribution in [0.25, 0.3) is 0 Å². The first-order valence-corrected chi connectivity index (χ1v) is 7.19. The molecule has 1 aromatic carbocycles. The minimum atomic E-state index is -1.12. The Kier molecular flexibility index (Phi) is 4.70. The van der Waals surface area contributed by atoms with Crippen molar-refractivity contribution in [3.05, 3.63) is 29.3 Å². The zero-order valence-corrected chi connectivity index (χ0v) is 13.0. The lowest BCUT2D eigenvalue weighted by molar-refractivity contribution is -0.151. The highest BCUT2D eigenvalue weighted by atomic mass is 19.2. The first kappa shape index (κ1) is 16.7. The van der Waals surface area contributed by atoms with E-state index < -0.39 is 29.6 Å². The van der Waals surface area contributed by atoms with Gasteiger partial charge in [0, 0.05) is 11.5 Å². The second-order valence-corrected chi connectivity index (χ2v) is 5.97. The van der Waals surface area contributed by atoms with Crippen molar-refractivity contribution in [1.29, 1.82) is 0 Å². The summed E-state index contributed by atoms with van der Waals surface area (Å²) in [6.45, 7) is 5.73. The number of carbonyl (C=O) groups is 1. The van der Waals surface area contributed by atoms with Gasteiger partial charge in [0.1, 0.15) is 0 Å². The van der Waals surface area contributed by atoms with E-state index in [1.54, 1.807) is 0 Å². The van der Waals surface area contributed by atoms with Gasteiger partial charge in [0.15, 0.2) is 17.7 Å². The molecule has 0 aromatic heterocycles. The van der Waals surface area contributed by atoms with Crippen LogP contribution >= 0.6 is 0 Å². The number of halogens is 2. The van der Waals surface area contributed by atoms with E-state index in [-0.39, 0.29) is 23.7 Å². The highest BCUT2D eigenvalue weighted by molar-refractivity contribution is 5.75. The summed E-state index contributed by atoms with van der Waals surface area (Å²) in [6.07, 6.45) is -1.38. The molecule has 0 amide bonds. The van der Waals surface area contributed by atoms with E-state index in [4.69, 9.17) is 9.47 Å². The SMILES string of the molecule is COc1c(C2C(C)C(C(C)C)O[C@@H]2C(=O)O)ccc(F)c1F. The van der Waals surface area contributed by atoms with E-state index in [1.807, 2.05) is 20.8 Å². The summed E-state index contributed by atoms with van der Waals surface area (Å²) in [7, 11) is 1.23. The third kappa shape index (κ3) is 2.67. The minimum Gasteiger partial charge on any atom is -0.493 e. The first-order valence-electron chi connectivity index (χ1n) is 7.19. The summed E-state index contributed by atoms with van der Waals surface area (Å²) in [4.78, 5) is 11.5. The summed E-state index contributed by atoms with van der Waals surface area (Å²) < 4.78 is 38.0. The first-order chi connectivity index (χ1) is 10.3. The van der Waals surface area contributed by atoms with E-state index in [9.17, 15) is 18.7 Å². The molecule has 22 heavy (non-hydrogen) atoms. The number of carboxylic acids is 1. The molecule has 6 heteroatoms. The van der Waals surface area contributed by atoms with Crippen molar-refractivity contribution in [2.45, 2.75) is 38.9 Å². The number of hydrogen-bond donors (Lipinski definition) is 1. The van der Waals surface area contributed by atoms with Crippen LogP contribution in [0.1, 0.15) is 32.3 Å². The van der Waals surface area contributed by atoms with Crippen LogP contribution in [0.4, 0.5) is 8.78 Å². The third-order valence-corrected chi connectivity index (χ3v) is 4.26. The van der Waals surface area contributed by atoms with Gasteiger partial charge >= 0.3 is 5.97 Å². The van der Waals surface area contributed by atoms with Crippen molar-refractivity contribution >= 4 is 5.97 Å². The monoisotopic (exact) mass is 314 g/mol. The maximum atomic E-state index is 13.9. The van der Waals surface area contributed by atoms with Crippen LogP contribution in [-0.4, -0.2) is 30.4 Å². The smallest absolute Gasteiger partial charge is 0.333 e. The van der Waals surface area contributed by atoms with E-state index in [2.05, 4.69) is 0 Å². The highest BCUT2D eigenvalue weighted by Crippen LogP contribution is 2.46. The molecule has 4 atom stereocenters. The standard InChI is InChI=1S/C16H20F2O4/c1-7(2)13-8(3)11(15(22-13)16(19)20)9-5-6-10(17)12(18)14(9)21-4/h5-8,11,13,15H,1-4H3,(H,19,20)/t8?,11?,13?,15-/m0/s1. The molecule has 0 bridgehead atoms. The third-order valence-electron chi connectivity index (χ3n) is 4.26. The lowest BCUT2D eigenvalue weighted by Gasteiger charge is -2.23. The Morgan fingerprint density at radius 3 is 2.50 bits per heavy atom. The predicted molar refractivity (Wildman–Crippen MR) is 75.9 cm³/mol. The molecule has 0 saturated carbocycles. The van der Waals surface area contributed by atoms with Crippen molar-refractivity contribution in [1.82, 2.24) is 0 Å². The van der Waals surface area contributed by atoms with Gasteiger partial charge in [0.2, 0.25) is 5.82 Å². The normalized spacial score (nSPS) is 28.1. The number of aliphatic carboxylic acids is 1. The second kappa shape index (κ2) is 6.20. The van der Waals surface area contributed by atoms with Gasteiger partial charge in [-0.3, -0.25) is 0 Å².